The Labute approximate surface area is 155 Å². The molecule has 27 heavy (non-hydrogen) atoms. The smallest absolute Gasteiger partial charge is 0.275 e. The number of nitrogens with zero attached hydrogens (tertiary/aromatic N) is 2. The Balaban J connectivity index is 1.89. The third kappa shape index (κ3) is 4.26. The first-order valence-electron chi connectivity index (χ1n) is 7.82. The molecule has 3 rings (SSSR count). The molecule has 0 aliphatic rings. The summed E-state index contributed by atoms with van der Waals surface area (Å²) in [6.45, 7) is 1.60. The van der Waals surface area contributed by atoms with Crippen LogP contribution in [0.2, 0.25) is 0 Å². The number of hydrogen-bond donors (Lipinski definition) is 2. The maximum Gasteiger partial charge on any atom is 0.275 e. The quantitative estimate of drug-likeness (QED) is 0.702. The first kappa shape index (κ1) is 18.5. The topological polar surface area (TPSA) is 101 Å². The van der Waals surface area contributed by atoms with Crippen molar-refractivity contribution in [2.45, 2.75) is 11.8 Å². The normalized spacial score (nSPS) is 11.0. The Morgan fingerprint density at radius 2 is 1.89 bits per heavy atom. The summed E-state index contributed by atoms with van der Waals surface area (Å²) in [4.78, 5) is 19.8. The van der Waals surface area contributed by atoms with E-state index in [0.717, 1.165) is 6.07 Å². The van der Waals surface area contributed by atoms with Crippen LogP contribution in [0.5, 0.6) is 0 Å². The number of sulfonamides is 1. The lowest BCUT2D eigenvalue weighted by atomic mass is 10.2. The van der Waals surface area contributed by atoms with Crippen molar-refractivity contribution in [2.24, 2.45) is 0 Å². The third-order valence-corrected chi connectivity index (χ3v) is 5.16. The van der Waals surface area contributed by atoms with Gasteiger partial charge in [-0.15, -0.1) is 0 Å². The van der Waals surface area contributed by atoms with Crippen LogP contribution in [0.3, 0.4) is 0 Å². The van der Waals surface area contributed by atoms with Gasteiger partial charge in [0.05, 0.1) is 16.8 Å². The van der Waals surface area contributed by atoms with E-state index in [1.54, 1.807) is 19.1 Å². The summed E-state index contributed by atoms with van der Waals surface area (Å²) >= 11 is 0. The molecule has 0 radical (unpaired) electrons. The van der Waals surface area contributed by atoms with Crippen molar-refractivity contribution >= 4 is 27.3 Å². The first-order chi connectivity index (χ1) is 12.9. The van der Waals surface area contributed by atoms with E-state index in [0.29, 0.717) is 5.56 Å². The van der Waals surface area contributed by atoms with Gasteiger partial charge in [-0.05, 0) is 36.8 Å². The van der Waals surface area contributed by atoms with Gasteiger partial charge in [-0.2, -0.15) is 0 Å². The number of benzene rings is 2. The third-order valence-electron chi connectivity index (χ3n) is 3.65. The SMILES string of the molecule is Cc1ccc(NC(=O)c2cnccn2)cc1S(=O)(=O)Nc1ccccc1F. The van der Waals surface area contributed by atoms with Gasteiger partial charge in [0.2, 0.25) is 0 Å². The lowest BCUT2D eigenvalue weighted by Gasteiger charge is -2.13. The van der Waals surface area contributed by atoms with E-state index in [2.05, 4.69) is 20.0 Å². The van der Waals surface area contributed by atoms with Crippen molar-refractivity contribution in [3.05, 3.63) is 78.1 Å². The second-order valence-corrected chi connectivity index (χ2v) is 7.26. The van der Waals surface area contributed by atoms with Gasteiger partial charge in [0, 0.05) is 18.1 Å². The number of rotatable bonds is 5. The van der Waals surface area contributed by atoms with E-state index >= 15 is 0 Å². The van der Waals surface area contributed by atoms with Crippen molar-refractivity contribution in [1.82, 2.24) is 9.97 Å². The summed E-state index contributed by atoms with van der Waals surface area (Å²) in [5, 5.41) is 2.57. The van der Waals surface area contributed by atoms with Crippen LogP contribution >= 0.6 is 0 Å². The number of aromatic nitrogens is 2. The number of nitrogens with one attached hydrogen (secondary N) is 2. The minimum atomic E-state index is -4.06. The second-order valence-electron chi connectivity index (χ2n) is 5.61. The van der Waals surface area contributed by atoms with E-state index in [9.17, 15) is 17.6 Å². The predicted octanol–water partition coefficient (Wildman–Crippen LogP) is 2.98. The summed E-state index contributed by atoms with van der Waals surface area (Å²) in [6.07, 6.45) is 4.10. The molecule has 0 atom stereocenters. The van der Waals surface area contributed by atoms with Crippen LogP contribution in [0.4, 0.5) is 15.8 Å². The number of anilines is 2. The van der Waals surface area contributed by atoms with Gasteiger partial charge >= 0.3 is 0 Å². The maximum atomic E-state index is 13.8. The Morgan fingerprint density at radius 3 is 2.59 bits per heavy atom. The lowest BCUT2D eigenvalue weighted by Crippen LogP contribution is -2.17. The summed E-state index contributed by atoms with van der Waals surface area (Å²) in [5.74, 6) is -1.22. The summed E-state index contributed by atoms with van der Waals surface area (Å²) in [5.41, 5.74) is 0.624. The number of aryl methyl sites for hydroxylation is 1. The number of para-hydroxylation sites is 1. The van der Waals surface area contributed by atoms with Gasteiger partial charge in [-0.3, -0.25) is 14.5 Å². The highest BCUT2D eigenvalue weighted by atomic mass is 32.2. The Bertz CT molecular complexity index is 1090. The Hall–Kier alpha value is -3.33. The zero-order valence-electron chi connectivity index (χ0n) is 14.2. The van der Waals surface area contributed by atoms with Crippen LogP contribution in [0.15, 0.2) is 66.0 Å². The fraction of sp³-hybridized carbons (Fsp3) is 0.0556. The van der Waals surface area contributed by atoms with Crippen molar-refractivity contribution < 1.29 is 17.6 Å². The fourth-order valence-electron chi connectivity index (χ4n) is 2.32. The lowest BCUT2D eigenvalue weighted by molar-refractivity contribution is 0.102. The van der Waals surface area contributed by atoms with E-state index in [1.807, 2.05) is 0 Å². The number of halogens is 1. The minimum Gasteiger partial charge on any atom is -0.321 e. The molecule has 3 aromatic rings. The van der Waals surface area contributed by atoms with Gasteiger partial charge in [-0.1, -0.05) is 18.2 Å². The van der Waals surface area contributed by atoms with Crippen molar-refractivity contribution in [2.75, 3.05) is 10.0 Å². The fourth-order valence-corrected chi connectivity index (χ4v) is 3.66. The van der Waals surface area contributed by atoms with Gasteiger partial charge in [0.15, 0.2) is 0 Å². The maximum absolute atomic E-state index is 13.8. The molecule has 0 aliphatic carbocycles. The van der Waals surface area contributed by atoms with Crippen molar-refractivity contribution in [3.8, 4) is 0 Å². The minimum absolute atomic E-state index is 0.0808. The second kappa shape index (κ2) is 7.50. The van der Waals surface area contributed by atoms with Crippen LogP contribution in [-0.2, 0) is 10.0 Å². The molecule has 2 N–H and O–H groups in total. The molecule has 7 nitrogen and oxygen atoms in total. The number of hydrogen-bond acceptors (Lipinski definition) is 5. The molecule has 9 heteroatoms. The van der Waals surface area contributed by atoms with Gasteiger partial charge in [0.1, 0.15) is 11.5 Å². The largest absolute Gasteiger partial charge is 0.321 e. The van der Waals surface area contributed by atoms with E-state index in [-0.39, 0.29) is 22.0 Å². The summed E-state index contributed by atoms with van der Waals surface area (Å²) in [7, 11) is -4.06. The molecule has 138 valence electrons. The highest BCUT2D eigenvalue weighted by molar-refractivity contribution is 7.92. The molecule has 0 unspecified atom stereocenters. The molecule has 1 heterocycles. The van der Waals surface area contributed by atoms with E-state index in [4.69, 9.17) is 0 Å². The molecular weight excluding hydrogens is 371 g/mol. The monoisotopic (exact) mass is 386 g/mol. The first-order valence-corrected chi connectivity index (χ1v) is 9.30. The molecule has 0 fully saturated rings. The molecule has 0 saturated heterocycles. The van der Waals surface area contributed by atoms with E-state index < -0.39 is 21.7 Å². The van der Waals surface area contributed by atoms with Crippen molar-refractivity contribution in [3.63, 3.8) is 0 Å². The summed E-state index contributed by atoms with van der Waals surface area (Å²) < 4.78 is 41.3. The zero-order chi connectivity index (χ0) is 19.4. The Kier molecular flexibility index (Phi) is 5.13. The average Bonchev–Trinajstić information content (AvgIpc) is 2.65. The standard InChI is InChI=1S/C18H15FN4O3S/c1-12-6-7-13(22-18(24)16-11-20-8-9-21-16)10-17(12)27(25,26)23-15-5-3-2-4-14(15)19/h2-11,23H,1H3,(H,22,24). The molecule has 1 amide bonds. The molecule has 0 saturated carbocycles. The van der Waals surface area contributed by atoms with Gasteiger partial charge in [0.25, 0.3) is 15.9 Å². The van der Waals surface area contributed by atoms with Crippen LogP contribution in [0.1, 0.15) is 16.1 Å². The molecule has 0 bridgehead atoms. The molecule has 1 aromatic heterocycles. The molecule has 0 aliphatic heterocycles. The van der Waals surface area contributed by atoms with Gasteiger partial charge < -0.3 is 5.32 Å². The highest BCUT2D eigenvalue weighted by Gasteiger charge is 2.20. The zero-order valence-corrected chi connectivity index (χ0v) is 15.0. The number of carbonyl (C=O) groups is 1. The average molecular weight is 386 g/mol. The van der Waals surface area contributed by atoms with Crippen LogP contribution in [0.25, 0.3) is 0 Å². The number of amides is 1. The van der Waals surface area contributed by atoms with E-state index in [1.165, 1.54) is 42.9 Å². The van der Waals surface area contributed by atoms with Crippen molar-refractivity contribution in [1.29, 1.82) is 0 Å². The van der Waals surface area contributed by atoms with Gasteiger partial charge in [-0.25, -0.2) is 17.8 Å². The number of carbonyl (C=O) groups excluding carboxylic acids is 1. The van der Waals surface area contributed by atoms with Crippen LogP contribution < -0.4 is 10.0 Å². The summed E-state index contributed by atoms with van der Waals surface area (Å²) in [6, 6.07) is 9.86. The molecular formula is C18H15FN4O3S. The molecule has 2 aromatic carbocycles. The molecule has 0 spiro atoms. The predicted molar refractivity (Wildman–Crippen MR) is 98.4 cm³/mol. The van der Waals surface area contributed by atoms with Crippen LogP contribution in [-0.4, -0.2) is 24.3 Å². The van der Waals surface area contributed by atoms with Crippen LogP contribution in [0, 0.1) is 12.7 Å². The Morgan fingerprint density at radius 1 is 1.11 bits per heavy atom. The highest BCUT2D eigenvalue weighted by Crippen LogP contribution is 2.24.